The van der Waals surface area contributed by atoms with Crippen LogP contribution in [0, 0.1) is 0 Å². The molecular formula is C15H15N3OS. The van der Waals surface area contributed by atoms with Crippen LogP contribution >= 0.6 is 11.3 Å². The van der Waals surface area contributed by atoms with Crippen LogP contribution in [0.5, 0.6) is 0 Å². The number of thiophene rings is 1. The van der Waals surface area contributed by atoms with Crippen LogP contribution in [0.25, 0.3) is 20.7 Å². The molecule has 0 fully saturated rings. The van der Waals surface area contributed by atoms with Gasteiger partial charge in [-0.2, -0.15) is 0 Å². The normalized spacial score (nSPS) is 10.9. The van der Waals surface area contributed by atoms with Gasteiger partial charge in [0.2, 0.25) is 0 Å². The number of benzene rings is 1. The van der Waals surface area contributed by atoms with E-state index in [9.17, 15) is 0 Å². The zero-order valence-electron chi connectivity index (χ0n) is 11.2. The minimum absolute atomic E-state index is 0.109. The third-order valence-electron chi connectivity index (χ3n) is 3.16. The van der Waals surface area contributed by atoms with Gasteiger partial charge in [0, 0.05) is 18.5 Å². The van der Waals surface area contributed by atoms with Gasteiger partial charge in [-0.05, 0) is 11.6 Å². The first-order valence-corrected chi connectivity index (χ1v) is 7.23. The molecule has 102 valence electrons. The lowest BCUT2D eigenvalue weighted by molar-refractivity contribution is 0.304. The Balaban J connectivity index is 2.09. The van der Waals surface area contributed by atoms with E-state index >= 15 is 0 Å². The van der Waals surface area contributed by atoms with E-state index < -0.39 is 0 Å². The second-order valence-corrected chi connectivity index (χ2v) is 5.57. The van der Waals surface area contributed by atoms with Crippen LogP contribution in [0.2, 0.25) is 0 Å². The molecule has 0 saturated carbocycles. The molecule has 2 aromatic heterocycles. The maximum Gasteiger partial charge on any atom is 0.140 e. The molecule has 0 aliphatic rings. The topological polar surface area (TPSA) is 49.2 Å². The summed E-state index contributed by atoms with van der Waals surface area (Å²) in [7, 11) is 1.93. The molecule has 1 N–H and O–H groups in total. The first-order chi connectivity index (χ1) is 9.79. The molecule has 3 aromatic rings. The minimum atomic E-state index is 0.109. The van der Waals surface area contributed by atoms with E-state index in [1.54, 1.807) is 17.7 Å². The van der Waals surface area contributed by atoms with Crippen LogP contribution in [0.4, 0.5) is 5.82 Å². The van der Waals surface area contributed by atoms with Crippen molar-refractivity contribution in [3.8, 4) is 10.4 Å². The summed E-state index contributed by atoms with van der Waals surface area (Å²) < 4.78 is 0. The lowest BCUT2D eigenvalue weighted by Gasteiger charge is -2.16. The number of hydrogen-bond acceptors (Lipinski definition) is 5. The predicted octanol–water partition coefficient (Wildman–Crippen LogP) is 2.79. The number of anilines is 1. The fourth-order valence-electron chi connectivity index (χ4n) is 2.15. The Morgan fingerprint density at radius 3 is 2.75 bits per heavy atom. The summed E-state index contributed by atoms with van der Waals surface area (Å²) in [4.78, 5) is 12.8. The quantitative estimate of drug-likeness (QED) is 0.801. The number of hydrogen-bond donors (Lipinski definition) is 1. The molecule has 20 heavy (non-hydrogen) atoms. The summed E-state index contributed by atoms with van der Waals surface area (Å²) in [5, 5.41) is 10.1. The Hall–Kier alpha value is -1.98. The van der Waals surface area contributed by atoms with Gasteiger partial charge in [-0.1, -0.05) is 30.3 Å². The molecule has 4 nitrogen and oxygen atoms in total. The number of aliphatic hydroxyl groups is 1. The predicted molar refractivity (Wildman–Crippen MR) is 83.2 cm³/mol. The van der Waals surface area contributed by atoms with Gasteiger partial charge in [0.05, 0.1) is 12.0 Å². The van der Waals surface area contributed by atoms with E-state index in [-0.39, 0.29) is 6.61 Å². The molecule has 5 heteroatoms. The molecule has 0 amide bonds. The van der Waals surface area contributed by atoms with Crippen molar-refractivity contribution in [1.82, 2.24) is 9.97 Å². The fraction of sp³-hybridized carbons (Fsp3) is 0.200. The molecule has 0 aliphatic heterocycles. The average Bonchev–Trinajstić information content (AvgIpc) is 2.92. The highest BCUT2D eigenvalue weighted by Gasteiger charge is 2.12. The molecule has 0 radical (unpaired) electrons. The zero-order chi connectivity index (χ0) is 13.9. The molecule has 0 atom stereocenters. The average molecular weight is 285 g/mol. The molecule has 3 rings (SSSR count). The Labute approximate surface area is 121 Å². The van der Waals surface area contributed by atoms with E-state index in [0.717, 1.165) is 16.0 Å². The van der Waals surface area contributed by atoms with Gasteiger partial charge >= 0.3 is 0 Å². The molecule has 0 bridgehead atoms. The fourth-order valence-corrected chi connectivity index (χ4v) is 3.15. The standard InChI is InChI=1S/C15H15N3OS/c1-18(7-8-19)14-12-9-13(11-5-3-2-4-6-11)20-15(12)17-10-16-14/h2-6,9-10,19H,7-8H2,1H3. The summed E-state index contributed by atoms with van der Waals surface area (Å²) in [6, 6.07) is 12.4. The molecule has 0 aliphatic carbocycles. The van der Waals surface area contributed by atoms with Crippen LogP contribution in [0.15, 0.2) is 42.7 Å². The molecule has 1 aromatic carbocycles. The van der Waals surface area contributed by atoms with Crippen LogP contribution in [0.1, 0.15) is 0 Å². The van der Waals surface area contributed by atoms with Gasteiger partial charge in [0.25, 0.3) is 0 Å². The smallest absolute Gasteiger partial charge is 0.140 e. The third-order valence-corrected chi connectivity index (χ3v) is 4.26. The van der Waals surface area contributed by atoms with E-state index in [0.29, 0.717) is 6.54 Å². The monoisotopic (exact) mass is 285 g/mol. The van der Waals surface area contributed by atoms with Gasteiger partial charge < -0.3 is 10.0 Å². The van der Waals surface area contributed by atoms with Gasteiger partial charge in [-0.15, -0.1) is 11.3 Å². The Morgan fingerprint density at radius 1 is 1.20 bits per heavy atom. The maximum absolute atomic E-state index is 9.07. The van der Waals surface area contributed by atoms with Gasteiger partial charge in [0.15, 0.2) is 0 Å². The molecular weight excluding hydrogens is 270 g/mol. The third kappa shape index (κ3) is 2.37. The highest BCUT2D eigenvalue weighted by molar-refractivity contribution is 7.21. The highest BCUT2D eigenvalue weighted by atomic mass is 32.1. The summed E-state index contributed by atoms with van der Waals surface area (Å²) in [5.41, 5.74) is 1.19. The number of aliphatic hydroxyl groups excluding tert-OH is 1. The lowest BCUT2D eigenvalue weighted by Crippen LogP contribution is -2.22. The number of aromatic nitrogens is 2. The second-order valence-electron chi connectivity index (χ2n) is 4.54. The number of likely N-dealkylation sites (N-methyl/N-ethyl adjacent to an activating group) is 1. The van der Waals surface area contributed by atoms with Crippen molar-refractivity contribution >= 4 is 27.4 Å². The van der Waals surface area contributed by atoms with Crippen molar-refractivity contribution < 1.29 is 5.11 Å². The molecule has 2 heterocycles. The van der Waals surface area contributed by atoms with Gasteiger partial charge in [0.1, 0.15) is 17.0 Å². The Bertz CT molecular complexity index is 711. The van der Waals surface area contributed by atoms with Gasteiger partial charge in [-0.25, -0.2) is 9.97 Å². The van der Waals surface area contributed by atoms with Crippen LogP contribution in [-0.2, 0) is 0 Å². The molecule has 0 unspecified atom stereocenters. The number of nitrogens with zero attached hydrogens (tertiary/aromatic N) is 3. The van der Waals surface area contributed by atoms with E-state index in [1.165, 1.54) is 10.4 Å². The largest absolute Gasteiger partial charge is 0.395 e. The van der Waals surface area contributed by atoms with Crippen molar-refractivity contribution in [2.24, 2.45) is 0 Å². The zero-order valence-corrected chi connectivity index (χ0v) is 12.0. The van der Waals surface area contributed by atoms with Crippen LogP contribution in [0.3, 0.4) is 0 Å². The van der Waals surface area contributed by atoms with Crippen molar-refractivity contribution in [2.75, 3.05) is 25.1 Å². The lowest BCUT2D eigenvalue weighted by atomic mass is 10.2. The highest BCUT2D eigenvalue weighted by Crippen LogP contribution is 2.35. The van der Waals surface area contributed by atoms with Crippen molar-refractivity contribution in [3.05, 3.63) is 42.7 Å². The number of rotatable bonds is 4. The maximum atomic E-state index is 9.07. The number of fused-ring (bicyclic) bond motifs is 1. The van der Waals surface area contributed by atoms with Crippen LogP contribution < -0.4 is 4.90 Å². The van der Waals surface area contributed by atoms with Crippen molar-refractivity contribution in [2.45, 2.75) is 0 Å². The Morgan fingerprint density at radius 2 is 2.00 bits per heavy atom. The Kier molecular flexibility index (Phi) is 3.62. The minimum Gasteiger partial charge on any atom is -0.395 e. The second kappa shape index (κ2) is 5.56. The molecule has 0 spiro atoms. The summed E-state index contributed by atoms with van der Waals surface area (Å²) in [6.07, 6.45) is 1.58. The van der Waals surface area contributed by atoms with E-state index in [2.05, 4.69) is 28.2 Å². The van der Waals surface area contributed by atoms with Gasteiger partial charge in [-0.3, -0.25) is 0 Å². The van der Waals surface area contributed by atoms with Crippen molar-refractivity contribution in [1.29, 1.82) is 0 Å². The summed E-state index contributed by atoms with van der Waals surface area (Å²) in [6.45, 7) is 0.667. The molecule has 0 saturated heterocycles. The summed E-state index contributed by atoms with van der Waals surface area (Å²) >= 11 is 1.66. The first kappa shape index (κ1) is 13.0. The SMILES string of the molecule is CN(CCO)c1ncnc2sc(-c3ccccc3)cc12. The summed E-state index contributed by atoms with van der Waals surface area (Å²) in [5.74, 6) is 0.863. The van der Waals surface area contributed by atoms with E-state index in [1.807, 2.05) is 30.1 Å². The first-order valence-electron chi connectivity index (χ1n) is 6.41. The van der Waals surface area contributed by atoms with Crippen LogP contribution in [-0.4, -0.2) is 35.3 Å². The van der Waals surface area contributed by atoms with E-state index in [4.69, 9.17) is 5.11 Å². The van der Waals surface area contributed by atoms with Crippen molar-refractivity contribution in [3.63, 3.8) is 0 Å².